The summed E-state index contributed by atoms with van der Waals surface area (Å²) in [6.45, 7) is 7.21. The number of amides is 1. The van der Waals surface area contributed by atoms with E-state index in [1.54, 1.807) is 25.1 Å². The predicted octanol–water partition coefficient (Wildman–Crippen LogP) is 1.88. The van der Waals surface area contributed by atoms with Crippen LogP contribution in [0.25, 0.3) is 0 Å². The first kappa shape index (κ1) is 23.6. The van der Waals surface area contributed by atoms with E-state index < -0.39 is 11.5 Å². The summed E-state index contributed by atoms with van der Waals surface area (Å²) in [5.41, 5.74) is 4.07. The maximum atomic E-state index is 12.6. The monoisotopic (exact) mass is 425 g/mol. The van der Waals surface area contributed by atoms with Gasteiger partial charge in [-0.05, 0) is 39.0 Å². The van der Waals surface area contributed by atoms with Crippen LogP contribution in [-0.2, 0) is 22.7 Å². The molecule has 0 bridgehead atoms. The van der Waals surface area contributed by atoms with E-state index in [4.69, 9.17) is 4.74 Å². The number of carbonyl (C=O) groups excluding carboxylic acids is 1. The Hall–Kier alpha value is -3.64. The van der Waals surface area contributed by atoms with Crippen molar-refractivity contribution in [3.8, 4) is 11.8 Å². The highest BCUT2D eigenvalue weighted by Crippen LogP contribution is 2.23. The van der Waals surface area contributed by atoms with Crippen molar-refractivity contribution in [1.29, 1.82) is 5.26 Å². The minimum Gasteiger partial charge on any atom is -0.507 e. The summed E-state index contributed by atoms with van der Waals surface area (Å²) in [7, 11) is 1.47. The Kier molecular flexibility index (Phi) is 8.34. The van der Waals surface area contributed by atoms with E-state index in [0.29, 0.717) is 16.8 Å². The topological polar surface area (TPSA) is 120 Å². The maximum absolute atomic E-state index is 12.6. The van der Waals surface area contributed by atoms with Gasteiger partial charge in [0.1, 0.15) is 23.9 Å². The number of phenolic OH excluding ortho intramolecular Hbond substituents is 1. The van der Waals surface area contributed by atoms with Crippen molar-refractivity contribution in [1.82, 2.24) is 9.99 Å². The van der Waals surface area contributed by atoms with Gasteiger partial charge < -0.3 is 19.3 Å². The Morgan fingerprint density at radius 2 is 2.06 bits per heavy atom. The number of aromatic nitrogens is 1. The van der Waals surface area contributed by atoms with Gasteiger partial charge >= 0.3 is 0 Å². The van der Waals surface area contributed by atoms with Crippen molar-refractivity contribution < 1.29 is 14.6 Å². The normalized spacial score (nSPS) is 10.8. The number of phenols is 1. The third-order valence-corrected chi connectivity index (χ3v) is 4.84. The third-order valence-electron chi connectivity index (χ3n) is 4.84. The Bertz CT molecular complexity index is 1060. The minimum absolute atomic E-state index is 0.0434. The number of benzene rings is 1. The molecule has 164 valence electrons. The van der Waals surface area contributed by atoms with E-state index in [1.807, 2.05) is 26.0 Å². The molecule has 0 saturated carbocycles. The summed E-state index contributed by atoms with van der Waals surface area (Å²) in [6.07, 6.45) is 1.33. The number of anilines is 1. The molecule has 1 amide bonds. The molecule has 0 fully saturated rings. The van der Waals surface area contributed by atoms with Gasteiger partial charge in [0.25, 0.3) is 11.5 Å². The lowest BCUT2D eigenvalue weighted by molar-refractivity contribution is -0.121. The van der Waals surface area contributed by atoms with Crippen molar-refractivity contribution in [3.05, 3.63) is 57.0 Å². The molecule has 0 saturated heterocycles. The van der Waals surface area contributed by atoms with Gasteiger partial charge in [0.15, 0.2) is 0 Å². The first-order valence-corrected chi connectivity index (χ1v) is 9.88. The molecule has 2 aromatic rings. The van der Waals surface area contributed by atoms with Crippen LogP contribution in [0.2, 0.25) is 0 Å². The zero-order chi connectivity index (χ0) is 23.0. The average molecular weight is 425 g/mol. The van der Waals surface area contributed by atoms with Crippen molar-refractivity contribution in [2.45, 2.75) is 33.9 Å². The summed E-state index contributed by atoms with van der Waals surface area (Å²) in [5.74, 6) is -0.495. The standard InChI is InChI=1S/C22H27N5O4/c1-5-26(6-2)18-8-7-16(20(28)10-18)12-24-25-21(29)13-27-15(3)9-17(14-31-4)19(11-23)22(27)30/h7-10,12,28H,5-6,13-14H2,1-4H3,(H,25,29)/b24-12+. The smallest absolute Gasteiger partial charge is 0.269 e. The van der Waals surface area contributed by atoms with Crippen molar-refractivity contribution in [3.63, 3.8) is 0 Å². The number of nitrogens with zero attached hydrogens (tertiary/aromatic N) is 4. The first-order valence-electron chi connectivity index (χ1n) is 9.88. The lowest BCUT2D eigenvalue weighted by Gasteiger charge is -2.21. The number of rotatable bonds is 9. The molecule has 31 heavy (non-hydrogen) atoms. The maximum Gasteiger partial charge on any atom is 0.269 e. The second-order valence-electron chi connectivity index (χ2n) is 6.83. The molecule has 9 nitrogen and oxygen atoms in total. The van der Waals surface area contributed by atoms with Crippen LogP contribution in [-0.4, -0.2) is 42.0 Å². The van der Waals surface area contributed by atoms with Crippen LogP contribution < -0.4 is 15.9 Å². The van der Waals surface area contributed by atoms with Gasteiger partial charge in [0.2, 0.25) is 0 Å². The summed E-state index contributed by atoms with van der Waals surface area (Å²) < 4.78 is 6.23. The van der Waals surface area contributed by atoms with Gasteiger partial charge in [-0.2, -0.15) is 10.4 Å². The zero-order valence-electron chi connectivity index (χ0n) is 18.2. The molecule has 0 aliphatic rings. The first-order chi connectivity index (χ1) is 14.9. The molecule has 2 rings (SSSR count). The summed E-state index contributed by atoms with van der Waals surface area (Å²) >= 11 is 0. The SMILES string of the molecule is CCN(CC)c1ccc(/C=N/NC(=O)Cn2c(C)cc(COC)c(C#N)c2=O)c(O)c1. The molecular formula is C22H27N5O4. The number of methoxy groups -OCH3 is 1. The van der Waals surface area contributed by atoms with Crippen molar-refractivity contribution >= 4 is 17.8 Å². The van der Waals surface area contributed by atoms with Gasteiger partial charge in [-0.3, -0.25) is 9.59 Å². The highest BCUT2D eigenvalue weighted by atomic mass is 16.5. The van der Waals surface area contributed by atoms with Gasteiger partial charge in [0.05, 0.1) is 12.8 Å². The fraction of sp³-hybridized carbons (Fsp3) is 0.364. The van der Waals surface area contributed by atoms with Gasteiger partial charge in [-0.15, -0.1) is 0 Å². The van der Waals surface area contributed by atoms with Crippen LogP contribution in [0.5, 0.6) is 5.75 Å². The summed E-state index contributed by atoms with van der Waals surface area (Å²) in [5, 5.41) is 23.4. The van der Waals surface area contributed by atoms with Gasteiger partial charge in [-0.1, -0.05) is 0 Å². The Labute approximate surface area is 181 Å². The number of nitrogens with one attached hydrogen (secondary N) is 1. The molecule has 0 atom stereocenters. The molecule has 0 unspecified atom stereocenters. The molecule has 0 aliphatic carbocycles. The van der Waals surface area contributed by atoms with Crippen molar-refractivity contribution in [2.24, 2.45) is 5.10 Å². The van der Waals surface area contributed by atoms with E-state index in [1.165, 1.54) is 17.9 Å². The number of hydrogen-bond acceptors (Lipinski definition) is 7. The number of carbonyl (C=O) groups is 1. The number of pyridine rings is 1. The van der Waals surface area contributed by atoms with Crippen LogP contribution in [0.3, 0.4) is 0 Å². The number of ether oxygens (including phenoxy) is 1. The van der Waals surface area contributed by atoms with Crippen LogP contribution in [0, 0.1) is 18.3 Å². The molecule has 1 heterocycles. The lowest BCUT2D eigenvalue weighted by Crippen LogP contribution is -2.33. The molecule has 9 heteroatoms. The zero-order valence-corrected chi connectivity index (χ0v) is 18.2. The third kappa shape index (κ3) is 5.71. The second-order valence-corrected chi connectivity index (χ2v) is 6.83. The number of aromatic hydroxyl groups is 1. The molecule has 0 aliphatic heterocycles. The Morgan fingerprint density at radius 3 is 2.65 bits per heavy atom. The molecule has 0 radical (unpaired) electrons. The molecular weight excluding hydrogens is 398 g/mol. The van der Waals surface area contributed by atoms with Crippen LogP contribution in [0.4, 0.5) is 5.69 Å². The second kappa shape index (κ2) is 10.9. The van der Waals surface area contributed by atoms with E-state index in [2.05, 4.69) is 15.4 Å². The average Bonchev–Trinajstić information content (AvgIpc) is 2.74. The fourth-order valence-electron chi connectivity index (χ4n) is 3.20. The largest absolute Gasteiger partial charge is 0.507 e. The number of hydrogen-bond donors (Lipinski definition) is 2. The van der Waals surface area contributed by atoms with Crippen LogP contribution >= 0.6 is 0 Å². The van der Waals surface area contributed by atoms with Gasteiger partial charge in [0, 0.05) is 48.8 Å². The Balaban J connectivity index is 2.12. The minimum atomic E-state index is -0.557. The van der Waals surface area contributed by atoms with E-state index in [0.717, 1.165) is 18.8 Å². The highest BCUT2D eigenvalue weighted by Gasteiger charge is 2.15. The highest BCUT2D eigenvalue weighted by molar-refractivity contribution is 5.86. The molecule has 1 aromatic heterocycles. The fourth-order valence-corrected chi connectivity index (χ4v) is 3.20. The van der Waals surface area contributed by atoms with Crippen LogP contribution in [0.1, 0.15) is 36.2 Å². The van der Waals surface area contributed by atoms with Gasteiger partial charge in [-0.25, -0.2) is 5.43 Å². The van der Waals surface area contributed by atoms with Crippen molar-refractivity contribution in [2.75, 3.05) is 25.1 Å². The lowest BCUT2D eigenvalue weighted by atomic mass is 10.1. The molecule has 1 aromatic carbocycles. The summed E-state index contributed by atoms with van der Waals surface area (Å²) in [4.78, 5) is 26.9. The number of aryl methyl sites for hydroxylation is 1. The van der Waals surface area contributed by atoms with E-state index >= 15 is 0 Å². The predicted molar refractivity (Wildman–Crippen MR) is 118 cm³/mol. The van der Waals surface area contributed by atoms with Crippen LogP contribution in [0.15, 0.2) is 34.2 Å². The Morgan fingerprint density at radius 1 is 1.35 bits per heavy atom. The van der Waals surface area contributed by atoms with E-state index in [-0.39, 0.29) is 24.5 Å². The number of hydrazone groups is 1. The summed E-state index contributed by atoms with van der Waals surface area (Å²) in [6, 6.07) is 8.74. The quantitative estimate of drug-likeness (QED) is 0.468. The molecule has 0 spiro atoms. The number of nitriles is 1. The molecule has 2 N–H and O–H groups in total. The van der Waals surface area contributed by atoms with E-state index in [9.17, 15) is 20.0 Å².